The largest absolute Gasteiger partial charge is 0.319 e. The summed E-state index contributed by atoms with van der Waals surface area (Å²) < 4.78 is 30.7. The first-order valence-electron chi connectivity index (χ1n) is 10.6. The molecule has 0 radical (unpaired) electrons. The van der Waals surface area contributed by atoms with Crippen molar-refractivity contribution in [1.82, 2.24) is 4.57 Å². The number of thiazole rings is 1. The molecule has 5 rings (SSSR count). The fourth-order valence-electron chi connectivity index (χ4n) is 3.73. The quantitative estimate of drug-likeness (QED) is 0.376. The summed E-state index contributed by atoms with van der Waals surface area (Å²) in [5.41, 5.74) is 2.73. The fourth-order valence-corrected chi connectivity index (χ4v) is 5.94. The Balaban J connectivity index is 1.42. The van der Waals surface area contributed by atoms with Crippen molar-refractivity contribution >= 4 is 53.9 Å². The molecule has 0 atom stereocenters. The number of benzene rings is 4. The van der Waals surface area contributed by atoms with Crippen LogP contribution in [0.15, 0.2) is 94.8 Å². The Labute approximate surface area is 200 Å². The molecule has 8 heteroatoms. The Morgan fingerprint density at radius 2 is 1.62 bits per heavy atom. The van der Waals surface area contributed by atoms with Crippen molar-refractivity contribution in [3.63, 3.8) is 0 Å². The minimum atomic E-state index is -3.71. The third kappa shape index (κ3) is 4.13. The monoisotopic (exact) mass is 487 g/mol. The molecular formula is C26H21N3O3S2. The summed E-state index contributed by atoms with van der Waals surface area (Å²) in [6, 6.07) is 25.1. The van der Waals surface area contributed by atoms with Gasteiger partial charge in [0.2, 0.25) is 0 Å². The number of sulfonamides is 1. The predicted octanol–water partition coefficient (Wildman–Crippen LogP) is 5.24. The number of hydrogen-bond acceptors (Lipinski definition) is 4. The number of aromatic nitrogens is 1. The van der Waals surface area contributed by atoms with Crippen LogP contribution in [0.2, 0.25) is 0 Å². The van der Waals surface area contributed by atoms with Crippen LogP contribution in [0, 0.1) is 6.92 Å². The minimum Gasteiger partial charge on any atom is -0.319 e. The van der Waals surface area contributed by atoms with Crippen LogP contribution in [0.3, 0.4) is 0 Å². The zero-order valence-electron chi connectivity index (χ0n) is 18.5. The van der Waals surface area contributed by atoms with Crippen LogP contribution < -0.4 is 9.52 Å². The van der Waals surface area contributed by atoms with Gasteiger partial charge >= 0.3 is 0 Å². The number of carbonyl (C=O) groups is 1. The predicted molar refractivity (Wildman–Crippen MR) is 137 cm³/mol. The van der Waals surface area contributed by atoms with Crippen LogP contribution in [0.5, 0.6) is 0 Å². The second kappa shape index (κ2) is 8.55. The molecule has 0 unspecified atom stereocenters. The van der Waals surface area contributed by atoms with Crippen molar-refractivity contribution in [2.45, 2.75) is 11.8 Å². The van der Waals surface area contributed by atoms with Gasteiger partial charge in [-0.2, -0.15) is 4.99 Å². The number of amides is 1. The molecule has 0 spiro atoms. The lowest BCUT2D eigenvalue weighted by Gasteiger charge is -2.08. The maximum Gasteiger partial charge on any atom is 0.279 e. The van der Waals surface area contributed by atoms with E-state index in [9.17, 15) is 13.2 Å². The molecule has 5 aromatic rings. The first kappa shape index (κ1) is 22.1. The summed E-state index contributed by atoms with van der Waals surface area (Å²) in [4.78, 5) is 18.0. The number of nitrogens with zero attached hydrogens (tertiary/aromatic N) is 2. The van der Waals surface area contributed by atoms with Gasteiger partial charge < -0.3 is 4.57 Å². The lowest BCUT2D eigenvalue weighted by Crippen LogP contribution is -2.14. The highest BCUT2D eigenvalue weighted by Gasteiger charge is 2.15. The van der Waals surface area contributed by atoms with Crippen LogP contribution in [-0.2, 0) is 17.1 Å². The molecule has 170 valence electrons. The zero-order valence-corrected chi connectivity index (χ0v) is 20.2. The maximum absolute atomic E-state index is 12.8. The molecule has 34 heavy (non-hydrogen) atoms. The molecule has 1 N–H and O–H groups in total. The topological polar surface area (TPSA) is 80.5 Å². The van der Waals surface area contributed by atoms with Crippen molar-refractivity contribution in [2.24, 2.45) is 12.0 Å². The summed E-state index contributed by atoms with van der Waals surface area (Å²) in [5.74, 6) is -0.389. The SMILES string of the molecule is Cc1ccc(S(=O)(=O)Nc2ccc(C(=O)N=c3sc4c5ccccc5ccc4n3C)cc2)cc1. The highest BCUT2D eigenvalue weighted by atomic mass is 32.2. The molecule has 1 aromatic heterocycles. The highest BCUT2D eigenvalue weighted by molar-refractivity contribution is 7.92. The van der Waals surface area contributed by atoms with Gasteiger partial charge in [-0.05, 0) is 54.8 Å². The molecule has 1 amide bonds. The molecule has 0 bridgehead atoms. The van der Waals surface area contributed by atoms with Gasteiger partial charge in [0.25, 0.3) is 15.9 Å². The van der Waals surface area contributed by atoms with E-state index in [0.717, 1.165) is 26.6 Å². The second-order valence-corrected chi connectivity index (χ2v) is 10.7. The highest BCUT2D eigenvalue weighted by Crippen LogP contribution is 2.27. The molecular weight excluding hydrogens is 466 g/mol. The first-order valence-corrected chi connectivity index (χ1v) is 12.9. The van der Waals surface area contributed by atoms with Gasteiger partial charge in [0.1, 0.15) is 0 Å². The van der Waals surface area contributed by atoms with Gasteiger partial charge in [0.15, 0.2) is 4.80 Å². The average Bonchev–Trinajstić information content (AvgIpc) is 3.15. The summed E-state index contributed by atoms with van der Waals surface area (Å²) >= 11 is 1.47. The Morgan fingerprint density at radius 3 is 2.35 bits per heavy atom. The molecule has 0 aliphatic carbocycles. The normalized spacial score (nSPS) is 12.4. The smallest absolute Gasteiger partial charge is 0.279 e. The van der Waals surface area contributed by atoms with E-state index in [4.69, 9.17) is 0 Å². The van der Waals surface area contributed by atoms with E-state index < -0.39 is 10.0 Å². The summed E-state index contributed by atoms with van der Waals surface area (Å²) in [5, 5.41) is 2.26. The fraction of sp³-hybridized carbons (Fsp3) is 0.0769. The van der Waals surface area contributed by atoms with Gasteiger partial charge in [-0.1, -0.05) is 59.4 Å². The molecule has 1 heterocycles. The second-order valence-electron chi connectivity index (χ2n) is 7.99. The molecule has 0 fully saturated rings. The number of carbonyl (C=O) groups excluding carboxylic acids is 1. The van der Waals surface area contributed by atoms with E-state index in [1.54, 1.807) is 48.5 Å². The third-order valence-corrected chi connectivity index (χ3v) is 8.19. The number of hydrogen-bond donors (Lipinski definition) is 1. The lowest BCUT2D eigenvalue weighted by atomic mass is 10.1. The van der Waals surface area contributed by atoms with Crippen LogP contribution in [0.1, 0.15) is 15.9 Å². The lowest BCUT2D eigenvalue weighted by molar-refractivity contribution is 0.0998. The van der Waals surface area contributed by atoms with Gasteiger partial charge in [-0.25, -0.2) is 8.42 Å². The van der Waals surface area contributed by atoms with Crippen molar-refractivity contribution in [2.75, 3.05) is 4.72 Å². The van der Waals surface area contributed by atoms with Crippen LogP contribution in [-0.4, -0.2) is 18.9 Å². The van der Waals surface area contributed by atoms with Gasteiger partial charge in [-0.3, -0.25) is 9.52 Å². The summed E-state index contributed by atoms with van der Waals surface area (Å²) in [7, 11) is -1.82. The number of nitrogens with one attached hydrogen (secondary N) is 1. The van der Waals surface area contributed by atoms with Crippen molar-refractivity contribution in [3.8, 4) is 0 Å². The van der Waals surface area contributed by atoms with E-state index in [2.05, 4.69) is 27.9 Å². The van der Waals surface area contributed by atoms with Crippen LogP contribution in [0.25, 0.3) is 21.0 Å². The Bertz CT molecular complexity index is 1710. The van der Waals surface area contributed by atoms with Crippen LogP contribution >= 0.6 is 11.3 Å². The first-order chi connectivity index (χ1) is 16.3. The minimum absolute atomic E-state index is 0.179. The summed E-state index contributed by atoms with van der Waals surface area (Å²) in [6.07, 6.45) is 0. The van der Waals surface area contributed by atoms with E-state index >= 15 is 0 Å². The van der Waals surface area contributed by atoms with Crippen molar-refractivity contribution < 1.29 is 13.2 Å². The number of aryl methyl sites for hydroxylation is 2. The van der Waals surface area contributed by atoms with Crippen molar-refractivity contribution in [1.29, 1.82) is 0 Å². The van der Waals surface area contributed by atoms with Gasteiger partial charge in [-0.15, -0.1) is 0 Å². The molecule has 4 aromatic carbocycles. The van der Waals surface area contributed by atoms with E-state index in [-0.39, 0.29) is 10.8 Å². The average molecular weight is 488 g/mol. The molecule has 6 nitrogen and oxygen atoms in total. The van der Waals surface area contributed by atoms with Crippen LogP contribution in [0.4, 0.5) is 5.69 Å². The van der Waals surface area contributed by atoms with E-state index in [0.29, 0.717) is 16.1 Å². The van der Waals surface area contributed by atoms with E-state index in [1.807, 2.05) is 36.7 Å². The summed E-state index contributed by atoms with van der Waals surface area (Å²) in [6.45, 7) is 1.89. The Hall–Kier alpha value is -3.75. The van der Waals surface area contributed by atoms with Gasteiger partial charge in [0, 0.05) is 23.7 Å². The Morgan fingerprint density at radius 1 is 0.912 bits per heavy atom. The molecule has 0 saturated carbocycles. The maximum atomic E-state index is 12.8. The molecule has 0 aliphatic heterocycles. The van der Waals surface area contributed by atoms with Crippen molar-refractivity contribution in [3.05, 3.63) is 101 Å². The molecule has 0 saturated heterocycles. The number of fused-ring (bicyclic) bond motifs is 3. The number of rotatable bonds is 4. The number of anilines is 1. The standard InChI is InChI=1S/C26H21N3O3S2/c1-17-7-14-21(15-8-17)34(31,32)28-20-12-9-19(10-13-20)25(30)27-26-29(2)23-16-11-18-5-3-4-6-22(18)24(23)33-26/h3-16,28H,1-2H3. The van der Waals surface area contributed by atoms with E-state index in [1.165, 1.54) is 11.3 Å². The van der Waals surface area contributed by atoms with Gasteiger partial charge in [0.05, 0.1) is 15.1 Å². The molecule has 0 aliphatic rings. The zero-order chi connectivity index (χ0) is 23.9. The third-order valence-electron chi connectivity index (χ3n) is 5.61. The Kier molecular flexibility index (Phi) is 5.55.